The van der Waals surface area contributed by atoms with Crippen molar-refractivity contribution in [2.24, 2.45) is 0 Å². The number of phenolic OH excluding ortho intramolecular Hbond substituents is 1. The largest absolute Gasteiger partial charge is 0.508 e. The van der Waals surface area contributed by atoms with Crippen LogP contribution in [0.1, 0.15) is 10.4 Å². The number of hydrazine groups is 1. The SMILES string of the molecule is O=C(Cn1cnc2ccccc21)NNC(=O)c1cccc(O)c1. The summed E-state index contributed by atoms with van der Waals surface area (Å²) in [5.74, 6) is -0.916. The van der Waals surface area contributed by atoms with E-state index in [9.17, 15) is 14.7 Å². The zero-order valence-electron chi connectivity index (χ0n) is 12.1. The van der Waals surface area contributed by atoms with Gasteiger partial charge in [0.05, 0.1) is 17.4 Å². The third kappa shape index (κ3) is 3.29. The smallest absolute Gasteiger partial charge is 0.269 e. The summed E-state index contributed by atoms with van der Waals surface area (Å²) < 4.78 is 1.69. The molecule has 0 unspecified atom stereocenters. The first-order chi connectivity index (χ1) is 11.1. The van der Waals surface area contributed by atoms with Gasteiger partial charge in [0.2, 0.25) is 0 Å². The number of rotatable bonds is 3. The highest BCUT2D eigenvalue weighted by Crippen LogP contribution is 2.11. The Labute approximate surface area is 131 Å². The standard InChI is InChI=1S/C16H14N4O3/c21-12-5-3-4-11(8-12)16(23)19-18-15(22)9-20-10-17-13-6-1-2-7-14(13)20/h1-8,10,21H,9H2,(H,18,22)(H,19,23). The molecule has 2 aromatic carbocycles. The van der Waals surface area contributed by atoms with Gasteiger partial charge in [0, 0.05) is 5.56 Å². The Morgan fingerprint density at radius 2 is 1.91 bits per heavy atom. The third-order valence-corrected chi connectivity index (χ3v) is 3.27. The number of hydrogen-bond acceptors (Lipinski definition) is 4. The molecule has 2 amide bonds. The molecule has 0 saturated heterocycles. The number of aromatic hydroxyl groups is 1. The lowest BCUT2D eigenvalue weighted by Crippen LogP contribution is -2.43. The number of nitrogens with zero attached hydrogens (tertiary/aromatic N) is 2. The summed E-state index contributed by atoms with van der Waals surface area (Å²) >= 11 is 0. The molecule has 0 atom stereocenters. The molecule has 3 N–H and O–H groups in total. The van der Waals surface area contributed by atoms with Crippen LogP contribution in [-0.2, 0) is 11.3 Å². The highest BCUT2D eigenvalue weighted by Gasteiger charge is 2.10. The van der Waals surface area contributed by atoms with E-state index in [1.54, 1.807) is 17.0 Å². The van der Waals surface area contributed by atoms with Crippen LogP contribution < -0.4 is 10.9 Å². The molecule has 0 saturated carbocycles. The number of phenols is 1. The molecule has 1 heterocycles. The number of hydrogen-bond donors (Lipinski definition) is 3. The van der Waals surface area contributed by atoms with E-state index in [-0.39, 0.29) is 23.8 Å². The molecule has 23 heavy (non-hydrogen) atoms. The fourth-order valence-electron chi connectivity index (χ4n) is 2.18. The van der Waals surface area contributed by atoms with Gasteiger partial charge in [-0.1, -0.05) is 18.2 Å². The molecule has 0 radical (unpaired) electrons. The Morgan fingerprint density at radius 3 is 2.74 bits per heavy atom. The van der Waals surface area contributed by atoms with E-state index in [2.05, 4.69) is 15.8 Å². The first kappa shape index (κ1) is 14.6. The molecule has 0 aliphatic rings. The zero-order valence-corrected chi connectivity index (χ0v) is 12.1. The van der Waals surface area contributed by atoms with E-state index < -0.39 is 5.91 Å². The monoisotopic (exact) mass is 310 g/mol. The van der Waals surface area contributed by atoms with Crippen LogP contribution in [0, 0.1) is 0 Å². The topological polar surface area (TPSA) is 96.3 Å². The predicted molar refractivity (Wildman–Crippen MR) is 83.4 cm³/mol. The summed E-state index contributed by atoms with van der Waals surface area (Å²) in [6.45, 7) is 0.0286. The van der Waals surface area contributed by atoms with E-state index >= 15 is 0 Å². The molecule has 0 spiro atoms. The molecule has 0 fully saturated rings. The molecule has 0 bridgehead atoms. The lowest BCUT2D eigenvalue weighted by molar-refractivity contribution is -0.122. The Kier molecular flexibility index (Phi) is 3.92. The van der Waals surface area contributed by atoms with Crippen LogP contribution in [0.25, 0.3) is 11.0 Å². The Hall–Kier alpha value is -3.35. The van der Waals surface area contributed by atoms with Crippen molar-refractivity contribution in [2.45, 2.75) is 6.54 Å². The van der Waals surface area contributed by atoms with Gasteiger partial charge in [-0.3, -0.25) is 20.4 Å². The highest BCUT2D eigenvalue weighted by atomic mass is 16.3. The van der Waals surface area contributed by atoms with Crippen molar-refractivity contribution in [3.8, 4) is 5.75 Å². The van der Waals surface area contributed by atoms with Gasteiger partial charge in [-0.25, -0.2) is 4.98 Å². The summed E-state index contributed by atoms with van der Waals surface area (Å²) in [6.07, 6.45) is 1.57. The minimum atomic E-state index is -0.510. The van der Waals surface area contributed by atoms with Crippen molar-refractivity contribution in [1.29, 1.82) is 0 Å². The molecular weight excluding hydrogens is 296 g/mol. The number of carbonyl (C=O) groups excluding carboxylic acids is 2. The number of carbonyl (C=O) groups is 2. The molecule has 1 aromatic heterocycles. The second-order valence-corrected chi connectivity index (χ2v) is 4.91. The molecule has 116 valence electrons. The lowest BCUT2D eigenvalue weighted by atomic mass is 10.2. The van der Waals surface area contributed by atoms with Gasteiger partial charge in [-0.05, 0) is 30.3 Å². The summed E-state index contributed by atoms with van der Waals surface area (Å²) in [6, 6.07) is 13.3. The number of aromatic nitrogens is 2. The van der Waals surface area contributed by atoms with Crippen molar-refractivity contribution in [3.05, 3.63) is 60.4 Å². The predicted octanol–water partition coefficient (Wildman–Crippen LogP) is 1.20. The number of imidazole rings is 1. The fourth-order valence-corrected chi connectivity index (χ4v) is 2.18. The summed E-state index contributed by atoms with van der Waals surface area (Å²) in [5, 5.41) is 9.33. The van der Waals surface area contributed by atoms with Crippen LogP contribution in [-0.4, -0.2) is 26.5 Å². The van der Waals surface area contributed by atoms with Gasteiger partial charge in [0.25, 0.3) is 11.8 Å². The van der Waals surface area contributed by atoms with Crippen molar-refractivity contribution < 1.29 is 14.7 Å². The lowest BCUT2D eigenvalue weighted by Gasteiger charge is -2.08. The van der Waals surface area contributed by atoms with E-state index in [0.29, 0.717) is 0 Å². The highest BCUT2D eigenvalue weighted by molar-refractivity contribution is 5.95. The first-order valence-electron chi connectivity index (χ1n) is 6.91. The maximum Gasteiger partial charge on any atom is 0.269 e. The molecular formula is C16H14N4O3. The molecule has 0 aliphatic carbocycles. The van der Waals surface area contributed by atoms with Crippen molar-refractivity contribution in [3.63, 3.8) is 0 Å². The van der Waals surface area contributed by atoms with Gasteiger partial charge < -0.3 is 9.67 Å². The number of para-hydroxylation sites is 2. The van der Waals surface area contributed by atoms with Gasteiger partial charge in [0.15, 0.2) is 0 Å². The second-order valence-electron chi connectivity index (χ2n) is 4.91. The molecule has 7 nitrogen and oxygen atoms in total. The number of amides is 2. The molecule has 3 rings (SSSR count). The van der Waals surface area contributed by atoms with E-state index in [1.807, 2.05) is 24.3 Å². The molecule has 0 aliphatic heterocycles. The van der Waals surface area contributed by atoms with Crippen molar-refractivity contribution >= 4 is 22.8 Å². The van der Waals surface area contributed by atoms with E-state index in [4.69, 9.17) is 0 Å². The Balaban J connectivity index is 1.60. The average molecular weight is 310 g/mol. The van der Waals surface area contributed by atoms with Crippen molar-refractivity contribution in [2.75, 3.05) is 0 Å². The summed E-state index contributed by atoms with van der Waals surface area (Å²) in [4.78, 5) is 28.0. The third-order valence-electron chi connectivity index (χ3n) is 3.27. The van der Waals surface area contributed by atoms with Crippen molar-refractivity contribution in [1.82, 2.24) is 20.4 Å². The van der Waals surface area contributed by atoms with Crippen LogP contribution in [0.3, 0.4) is 0 Å². The van der Waals surface area contributed by atoms with E-state index in [1.165, 1.54) is 18.2 Å². The van der Waals surface area contributed by atoms with Gasteiger partial charge in [-0.15, -0.1) is 0 Å². The van der Waals surface area contributed by atoms with Crippen LogP contribution in [0.5, 0.6) is 5.75 Å². The average Bonchev–Trinajstić information content (AvgIpc) is 2.96. The van der Waals surface area contributed by atoms with Crippen LogP contribution in [0.15, 0.2) is 54.9 Å². The summed E-state index contributed by atoms with van der Waals surface area (Å²) in [5.41, 5.74) is 6.52. The van der Waals surface area contributed by atoms with Crippen LogP contribution >= 0.6 is 0 Å². The number of benzene rings is 2. The van der Waals surface area contributed by atoms with Gasteiger partial charge >= 0.3 is 0 Å². The van der Waals surface area contributed by atoms with E-state index in [0.717, 1.165) is 11.0 Å². The molecule has 7 heteroatoms. The fraction of sp³-hybridized carbons (Fsp3) is 0.0625. The summed E-state index contributed by atoms with van der Waals surface area (Å²) in [7, 11) is 0. The minimum Gasteiger partial charge on any atom is -0.508 e. The minimum absolute atomic E-state index is 0.0196. The quantitative estimate of drug-likeness (QED) is 0.633. The van der Waals surface area contributed by atoms with Crippen LogP contribution in [0.4, 0.5) is 0 Å². The Bertz CT molecular complexity index is 872. The Morgan fingerprint density at radius 1 is 1.09 bits per heavy atom. The van der Waals surface area contributed by atoms with Gasteiger partial charge in [-0.2, -0.15) is 0 Å². The van der Waals surface area contributed by atoms with Crippen LogP contribution in [0.2, 0.25) is 0 Å². The zero-order chi connectivity index (χ0) is 16.2. The number of nitrogens with one attached hydrogen (secondary N) is 2. The maximum absolute atomic E-state index is 11.9. The normalized spacial score (nSPS) is 10.4. The first-order valence-corrected chi connectivity index (χ1v) is 6.91. The maximum atomic E-state index is 11.9. The molecule has 3 aromatic rings. The number of fused-ring (bicyclic) bond motifs is 1. The second kappa shape index (κ2) is 6.18. The van der Waals surface area contributed by atoms with Gasteiger partial charge in [0.1, 0.15) is 12.3 Å².